The van der Waals surface area contributed by atoms with Crippen LogP contribution in [0.3, 0.4) is 0 Å². The summed E-state index contributed by atoms with van der Waals surface area (Å²) in [6.07, 6.45) is -0.992. The van der Waals surface area contributed by atoms with Gasteiger partial charge in [0.15, 0.2) is 6.10 Å². The molecule has 0 aliphatic carbocycles. The van der Waals surface area contributed by atoms with Gasteiger partial charge in [0.1, 0.15) is 5.75 Å². The quantitative estimate of drug-likeness (QED) is 0.295. The summed E-state index contributed by atoms with van der Waals surface area (Å²) < 4.78 is 34.0. The van der Waals surface area contributed by atoms with Crippen LogP contribution in [0.1, 0.15) is 11.1 Å². The number of nitrogens with zero attached hydrogens (tertiary/aromatic N) is 1. The third kappa shape index (κ3) is 6.15. The van der Waals surface area contributed by atoms with Crippen LogP contribution >= 0.6 is 11.8 Å². The summed E-state index contributed by atoms with van der Waals surface area (Å²) in [5.74, 6) is 0.605. The summed E-state index contributed by atoms with van der Waals surface area (Å²) >= 11 is 1.74. The Morgan fingerprint density at radius 3 is 2.22 bits per heavy atom. The molecule has 0 radical (unpaired) electrons. The molecule has 37 heavy (non-hydrogen) atoms. The van der Waals surface area contributed by atoms with Gasteiger partial charge in [-0.25, -0.2) is 8.42 Å². The largest absolute Gasteiger partial charge is 0.476 e. The van der Waals surface area contributed by atoms with Gasteiger partial charge in [0.05, 0.1) is 18.0 Å². The third-order valence-electron chi connectivity index (χ3n) is 5.93. The predicted octanol–water partition coefficient (Wildman–Crippen LogP) is 5.72. The van der Waals surface area contributed by atoms with Gasteiger partial charge in [-0.05, 0) is 47.5 Å². The second-order valence-corrected chi connectivity index (χ2v) is 11.6. The van der Waals surface area contributed by atoms with Gasteiger partial charge in [-0.3, -0.25) is 9.10 Å². The second kappa shape index (κ2) is 11.1. The van der Waals surface area contributed by atoms with Crippen LogP contribution in [0.15, 0.2) is 114 Å². The molecule has 4 aromatic rings. The van der Waals surface area contributed by atoms with Crippen molar-refractivity contribution < 1.29 is 17.9 Å². The molecule has 0 saturated carbocycles. The number of ether oxygens (including phenoxy) is 1. The van der Waals surface area contributed by atoms with E-state index in [1.165, 1.54) is 9.20 Å². The Morgan fingerprint density at radius 2 is 1.49 bits per heavy atom. The standard InChI is InChI=1S/C29H26N2O4S2/c32-29(30-24-17-15-22(16-18-24)20-36-25-11-5-2-6-12-25)28-19-31(26-13-7-8-14-27(26)35-28)37(33,34)21-23-9-3-1-4-10-23/h1-18,28H,19-21H2,(H,30,32)/t28-/m1/s1. The Bertz CT molecular complexity index is 1460. The molecule has 0 unspecified atom stereocenters. The van der Waals surface area contributed by atoms with Crippen LogP contribution in [0.5, 0.6) is 5.75 Å². The molecule has 0 aromatic heterocycles. The maximum atomic E-state index is 13.4. The van der Waals surface area contributed by atoms with Crippen molar-refractivity contribution in [1.82, 2.24) is 0 Å². The minimum atomic E-state index is -3.75. The summed E-state index contributed by atoms with van der Waals surface area (Å²) in [5, 5.41) is 2.87. The first-order valence-electron chi connectivity index (χ1n) is 11.9. The summed E-state index contributed by atoms with van der Waals surface area (Å²) in [5.41, 5.74) is 2.87. The lowest BCUT2D eigenvalue weighted by molar-refractivity contribution is -0.122. The van der Waals surface area contributed by atoms with E-state index in [-0.39, 0.29) is 12.3 Å². The number of rotatable bonds is 8. The number of hydrogen-bond acceptors (Lipinski definition) is 5. The molecule has 188 valence electrons. The molecule has 0 saturated heterocycles. The highest BCUT2D eigenvalue weighted by Gasteiger charge is 2.36. The lowest BCUT2D eigenvalue weighted by Crippen LogP contribution is -2.49. The van der Waals surface area contributed by atoms with Crippen molar-refractivity contribution in [3.63, 3.8) is 0 Å². The van der Waals surface area contributed by atoms with E-state index in [1.54, 1.807) is 60.3 Å². The Kier molecular flexibility index (Phi) is 7.48. The molecule has 4 aromatic carbocycles. The Hall–Kier alpha value is -3.75. The molecule has 0 fully saturated rings. The van der Waals surface area contributed by atoms with Crippen molar-refractivity contribution in [3.05, 3.63) is 120 Å². The van der Waals surface area contributed by atoms with Crippen LogP contribution in [0.25, 0.3) is 0 Å². The maximum absolute atomic E-state index is 13.4. The van der Waals surface area contributed by atoms with Gasteiger partial charge in [0, 0.05) is 16.3 Å². The molecule has 0 spiro atoms. The maximum Gasteiger partial charge on any atom is 0.267 e. The monoisotopic (exact) mass is 530 g/mol. The first-order chi connectivity index (χ1) is 18.0. The fraction of sp³-hybridized carbons (Fsp3) is 0.138. The normalized spacial score (nSPS) is 14.9. The molecule has 1 amide bonds. The zero-order valence-corrected chi connectivity index (χ0v) is 21.6. The molecule has 6 nitrogen and oxygen atoms in total. The third-order valence-corrected chi connectivity index (χ3v) is 8.72. The molecule has 0 bridgehead atoms. The molecule has 1 atom stereocenters. The number of nitrogens with one attached hydrogen (secondary N) is 1. The predicted molar refractivity (Wildman–Crippen MR) is 148 cm³/mol. The highest BCUT2D eigenvalue weighted by molar-refractivity contribution is 7.98. The van der Waals surface area contributed by atoms with Gasteiger partial charge in [0.2, 0.25) is 10.0 Å². The Morgan fingerprint density at radius 1 is 0.838 bits per heavy atom. The minimum absolute atomic E-state index is 0.107. The number of thioether (sulfide) groups is 1. The molecule has 5 rings (SSSR count). The number of para-hydroxylation sites is 2. The summed E-state index contributed by atoms with van der Waals surface area (Å²) in [6.45, 7) is -0.107. The van der Waals surface area contributed by atoms with Crippen LogP contribution < -0.4 is 14.4 Å². The zero-order valence-electron chi connectivity index (χ0n) is 20.0. The van der Waals surface area contributed by atoms with Crippen molar-refractivity contribution in [1.29, 1.82) is 0 Å². The molecular formula is C29H26N2O4S2. The number of amides is 1. The summed E-state index contributed by atoms with van der Waals surface area (Å²) in [6, 6.07) is 33.7. The fourth-order valence-corrected chi connectivity index (χ4v) is 6.51. The van der Waals surface area contributed by atoms with Gasteiger partial charge in [-0.15, -0.1) is 11.8 Å². The van der Waals surface area contributed by atoms with Crippen molar-refractivity contribution >= 4 is 39.1 Å². The van der Waals surface area contributed by atoms with Crippen LogP contribution in [0.2, 0.25) is 0 Å². The van der Waals surface area contributed by atoms with Crippen LogP contribution in [-0.2, 0) is 26.3 Å². The number of benzene rings is 4. The fourth-order valence-electron chi connectivity index (χ4n) is 4.06. The SMILES string of the molecule is O=C(Nc1ccc(CSc2ccccc2)cc1)[C@H]1CN(S(=O)(=O)Cc2ccccc2)c2ccccc2O1. The second-order valence-electron chi connectivity index (χ2n) is 8.64. The Balaban J connectivity index is 1.27. The van der Waals surface area contributed by atoms with Gasteiger partial charge >= 0.3 is 0 Å². The van der Waals surface area contributed by atoms with Crippen molar-refractivity contribution in [2.24, 2.45) is 0 Å². The van der Waals surface area contributed by atoms with Gasteiger partial charge in [0.25, 0.3) is 5.91 Å². The Labute approximate surface area is 221 Å². The van der Waals surface area contributed by atoms with E-state index >= 15 is 0 Å². The average Bonchev–Trinajstić information content (AvgIpc) is 2.93. The summed E-state index contributed by atoms with van der Waals surface area (Å²) in [4.78, 5) is 14.3. The number of fused-ring (bicyclic) bond motifs is 1. The number of anilines is 2. The van der Waals surface area contributed by atoms with E-state index in [9.17, 15) is 13.2 Å². The van der Waals surface area contributed by atoms with E-state index < -0.39 is 22.0 Å². The van der Waals surface area contributed by atoms with Crippen LogP contribution in [-0.4, -0.2) is 27.0 Å². The van der Waals surface area contributed by atoms with Crippen molar-refractivity contribution in [3.8, 4) is 5.75 Å². The number of carbonyl (C=O) groups excluding carboxylic acids is 1. The van der Waals surface area contributed by atoms with Crippen LogP contribution in [0.4, 0.5) is 11.4 Å². The first kappa shape index (κ1) is 24.9. The van der Waals surface area contributed by atoms with Crippen molar-refractivity contribution in [2.45, 2.75) is 22.5 Å². The van der Waals surface area contributed by atoms with E-state index in [0.717, 1.165) is 11.3 Å². The average molecular weight is 531 g/mol. The van der Waals surface area contributed by atoms with E-state index in [2.05, 4.69) is 17.4 Å². The minimum Gasteiger partial charge on any atom is -0.476 e. The lowest BCUT2D eigenvalue weighted by atomic mass is 10.2. The highest BCUT2D eigenvalue weighted by Crippen LogP contribution is 2.36. The van der Waals surface area contributed by atoms with E-state index in [0.29, 0.717) is 22.7 Å². The molecule has 1 N–H and O–H groups in total. The lowest BCUT2D eigenvalue weighted by Gasteiger charge is -2.34. The molecular weight excluding hydrogens is 504 g/mol. The number of sulfonamides is 1. The molecule has 1 aliphatic rings. The molecule has 8 heteroatoms. The smallest absolute Gasteiger partial charge is 0.267 e. The van der Waals surface area contributed by atoms with Gasteiger partial charge in [-0.2, -0.15) is 0 Å². The number of hydrogen-bond donors (Lipinski definition) is 1. The van der Waals surface area contributed by atoms with Gasteiger partial charge < -0.3 is 10.1 Å². The van der Waals surface area contributed by atoms with Gasteiger partial charge in [-0.1, -0.05) is 72.8 Å². The van der Waals surface area contributed by atoms with Crippen molar-refractivity contribution in [2.75, 3.05) is 16.2 Å². The molecule has 1 heterocycles. The first-order valence-corrected chi connectivity index (χ1v) is 14.5. The zero-order chi connectivity index (χ0) is 25.7. The number of carbonyl (C=O) groups is 1. The highest BCUT2D eigenvalue weighted by atomic mass is 32.2. The topological polar surface area (TPSA) is 75.7 Å². The van der Waals surface area contributed by atoms with Crippen LogP contribution in [0, 0.1) is 0 Å². The molecule has 1 aliphatic heterocycles. The van der Waals surface area contributed by atoms with E-state index in [4.69, 9.17) is 4.74 Å². The summed E-state index contributed by atoms with van der Waals surface area (Å²) in [7, 11) is -3.75. The van der Waals surface area contributed by atoms with E-state index in [1.807, 2.05) is 48.5 Å².